The number of hydrogen-bond acceptors (Lipinski definition) is 2. The molecule has 3 aromatic rings. The molecule has 1 N–H and O–H groups in total. The van der Waals surface area contributed by atoms with E-state index in [0.29, 0.717) is 23.3 Å². The van der Waals surface area contributed by atoms with Gasteiger partial charge in [-0.25, -0.2) is 0 Å². The van der Waals surface area contributed by atoms with E-state index in [1.54, 1.807) is 6.20 Å². The Labute approximate surface area is 153 Å². The number of hydrogen-bond donors (Lipinski definition) is 1. The molecule has 1 aliphatic carbocycles. The second-order valence-corrected chi connectivity index (χ2v) is 7.35. The van der Waals surface area contributed by atoms with E-state index in [-0.39, 0.29) is 11.2 Å². The van der Waals surface area contributed by atoms with Crippen LogP contribution in [0.4, 0.5) is 0 Å². The van der Waals surface area contributed by atoms with Gasteiger partial charge in [0.1, 0.15) is 0 Å². The minimum Gasteiger partial charge on any atom is -0.360 e. The molecule has 1 saturated carbocycles. The molecule has 0 saturated heterocycles. The Morgan fingerprint density at radius 2 is 1.77 bits per heavy atom. The number of carbonyl (C=O) groups is 1. The van der Waals surface area contributed by atoms with Gasteiger partial charge in [0, 0.05) is 23.5 Å². The molecule has 0 radical (unpaired) electrons. The molecule has 0 spiro atoms. The van der Waals surface area contributed by atoms with E-state index in [4.69, 9.17) is 0 Å². The van der Waals surface area contributed by atoms with Crippen molar-refractivity contribution < 1.29 is 4.79 Å². The Balaban J connectivity index is 1.64. The predicted molar refractivity (Wildman–Crippen MR) is 105 cm³/mol. The van der Waals surface area contributed by atoms with Crippen molar-refractivity contribution in [1.82, 2.24) is 4.98 Å². The summed E-state index contributed by atoms with van der Waals surface area (Å²) in [4.78, 5) is 28.7. The van der Waals surface area contributed by atoms with Gasteiger partial charge >= 0.3 is 0 Å². The molecule has 1 aromatic heterocycles. The summed E-state index contributed by atoms with van der Waals surface area (Å²) in [6.45, 7) is 0. The van der Waals surface area contributed by atoms with E-state index in [1.165, 1.54) is 18.4 Å². The number of ketones is 1. The van der Waals surface area contributed by atoms with Crippen LogP contribution in [0, 0.1) is 5.92 Å². The first-order valence-corrected chi connectivity index (χ1v) is 9.42. The molecule has 0 unspecified atom stereocenters. The first kappa shape index (κ1) is 16.8. The van der Waals surface area contributed by atoms with Crippen LogP contribution >= 0.6 is 0 Å². The van der Waals surface area contributed by atoms with E-state index in [0.717, 1.165) is 30.3 Å². The molecule has 1 fully saturated rings. The van der Waals surface area contributed by atoms with Crippen LogP contribution in [0.1, 0.15) is 53.6 Å². The zero-order valence-electron chi connectivity index (χ0n) is 14.8. The summed E-state index contributed by atoms with van der Waals surface area (Å²) in [6.07, 6.45) is 7.49. The Hall–Kier alpha value is -2.68. The number of H-pyrrole nitrogens is 1. The van der Waals surface area contributed by atoms with Gasteiger partial charge in [-0.2, -0.15) is 0 Å². The Morgan fingerprint density at radius 3 is 2.54 bits per heavy atom. The van der Waals surface area contributed by atoms with Crippen molar-refractivity contribution in [3.8, 4) is 0 Å². The minimum absolute atomic E-state index is 0.0199. The number of fused-ring (bicyclic) bond motifs is 1. The van der Waals surface area contributed by atoms with E-state index in [1.807, 2.05) is 36.4 Å². The van der Waals surface area contributed by atoms with E-state index < -0.39 is 0 Å². The summed E-state index contributed by atoms with van der Waals surface area (Å²) >= 11 is 0. The van der Waals surface area contributed by atoms with Gasteiger partial charge in [-0.15, -0.1) is 0 Å². The maximum Gasteiger partial charge on any atom is 0.200 e. The SMILES string of the molecule is O=C(CC1CCCC1)c1c[nH]c2ccc(Cc3ccccc3)cc2c1=O. The second kappa shape index (κ2) is 7.28. The molecule has 0 aliphatic heterocycles. The molecule has 1 aliphatic rings. The summed E-state index contributed by atoms with van der Waals surface area (Å²) < 4.78 is 0. The molecule has 132 valence electrons. The lowest BCUT2D eigenvalue weighted by molar-refractivity contribution is 0.0961. The average Bonchev–Trinajstić information content (AvgIpc) is 3.16. The average molecular weight is 345 g/mol. The van der Waals surface area contributed by atoms with E-state index >= 15 is 0 Å². The topological polar surface area (TPSA) is 49.9 Å². The van der Waals surface area contributed by atoms with Crippen LogP contribution in [0.2, 0.25) is 0 Å². The highest BCUT2D eigenvalue weighted by molar-refractivity contribution is 5.98. The van der Waals surface area contributed by atoms with Gasteiger partial charge in [-0.1, -0.05) is 62.1 Å². The molecule has 2 aromatic carbocycles. The highest BCUT2D eigenvalue weighted by Gasteiger charge is 2.21. The third-order valence-corrected chi connectivity index (χ3v) is 5.45. The third kappa shape index (κ3) is 3.48. The summed E-state index contributed by atoms with van der Waals surface area (Å²) in [5, 5.41) is 0.607. The van der Waals surface area contributed by atoms with Crippen LogP contribution in [0.5, 0.6) is 0 Å². The zero-order chi connectivity index (χ0) is 17.9. The number of pyridine rings is 1. The second-order valence-electron chi connectivity index (χ2n) is 7.35. The van der Waals surface area contributed by atoms with Crippen molar-refractivity contribution in [3.05, 3.63) is 81.6 Å². The van der Waals surface area contributed by atoms with Crippen LogP contribution in [0.25, 0.3) is 10.9 Å². The van der Waals surface area contributed by atoms with Crippen molar-refractivity contribution in [2.24, 2.45) is 5.92 Å². The smallest absolute Gasteiger partial charge is 0.200 e. The van der Waals surface area contributed by atoms with Crippen LogP contribution in [0.3, 0.4) is 0 Å². The Bertz CT molecular complexity index is 982. The predicted octanol–water partition coefficient (Wildman–Crippen LogP) is 4.88. The fourth-order valence-electron chi connectivity index (χ4n) is 4.00. The lowest BCUT2D eigenvalue weighted by Gasteiger charge is -2.09. The first-order chi connectivity index (χ1) is 12.7. The number of rotatable bonds is 5. The molecule has 1 heterocycles. The number of benzene rings is 2. The molecule has 4 rings (SSSR count). The van der Waals surface area contributed by atoms with Gasteiger partial charge in [0.2, 0.25) is 0 Å². The molecular formula is C23H23NO2. The lowest BCUT2D eigenvalue weighted by Crippen LogP contribution is -2.18. The first-order valence-electron chi connectivity index (χ1n) is 9.42. The summed E-state index contributed by atoms with van der Waals surface area (Å²) in [5.74, 6) is 0.426. The van der Waals surface area contributed by atoms with Gasteiger partial charge < -0.3 is 4.98 Å². The molecular weight excluding hydrogens is 322 g/mol. The summed E-state index contributed by atoms with van der Waals surface area (Å²) in [7, 11) is 0. The minimum atomic E-state index is -0.142. The summed E-state index contributed by atoms with van der Waals surface area (Å²) in [6, 6.07) is 16.1. The van der Waals surface area contributed by atoms with Crippen molar-refractivity contribution in [2.45, 2.75) is 38.5 Å². The molecule has 0 amide bonds. The normalized spacial score (nSPS) is 14.8. The number of aromatic amines is 1. The van der Waals surface area contributed by atoms with Gasteiger partial charge in [-0.3, -0.25) is 9.59 Å². The van der Waals surface area contributed by atoms with Crippen molar-refractivity contribution >= 4 is 16.7 Å². The molecule has 3 nitrogen and oxygen atoms in total. The standard InChI is InChI=1S/C23H23NO2/c25-22(14-17-8-4-5-9-17)20-15-24-21-11-10-18(13-19(21)23(20)26)12-16-6-2-1-3-7-16/h1-3,6-7,10-11,13,15,17H,4-5,8-9,12,14H2,(H,24,26). The summed E-state index contributed by atoms with van der Waals surface area (Å²) in [5.41, 5.74) is 3.23. The highest BCUT2D eigenvalue weighted by Crippen LogP contribution is 2.28. The fourth-order valence-corrected chi connectivity index (χ4v) is 4.00. The van der Waals surface area contributed by atoms with Gasteiger partial charge in [0.05, 0.1) is 5.56 Å². The maximum atomic E-state index is 12.9. The lowest BCUT2D eigenvalue weighted by atomic mass is 9.96. The molecule has 26 heavy (non-hydrogen) atoms. The number of Topliss-reactive ketones (excluding diaryl/α,β-unsaturated/α-hetero) is 1. The fraction of sp³-hybridized carbons (Fsp3) is 0.304. The van der Waals surface area contributed by atoms with E-state index in [9.17, 15) is 9.59 Å². The Kier molecular flexibility index (Phi) is 4.70. The molecule has 0 atom stereocenters. The molecule has 3 heteroatoms. The van der Waals surface area contributed by atoms with Crippen LogP contribution in [-0.2, 0) is 6.42 Å². The number of nitrogens with one attached hydrogen (secondary N) is 1. The van der Waals surface area contributed by atoms with E-state index in [2.05, 4.69) is 17.1 Å². The quantitative estimate of drug-likeness (QED) is 0.670. The van der Waals surface area contributed by atoms with Gasteiger partial charge in [0.25, 0.3) is 0 Å². The van der Waals surface area contributed by atoms with Crippen LogP contribution in [0.15, 0.2) is 59.5 Å². The van der Waals surface area contributed by atoms with Crippen molar-refractivity contribution in [1.29, 1.82) is 0 Å². The highest BCUT2D eigenvalue weighted by atomic mass is 16.1. The van der Waals surface area contributed by atoms with Crippen molar-refractivity contribution in [2.75, 3.05) is 0 Å². The third-order valence-electron chi connectivity index (χ3n) is 5.45. The molecule has 0 bridgehead atoms. The van der Waals surface area contributed by atoms with Gasteiger partial charge in [0.15, 0.2) is 11.2 Å². The maximum absolute atomic E-state index is 12.9. The monoisotopic (exact) mass is 345 g/mol. The van der Waals surface area contributed by atoms with Crippen LogP contribution in [-0.4, -0.2) is 10.8 Å². The van der Waals surface area contributed by atoms with Gasteiger partial charge in [-0.05, 0) is 35.6 Å². The zero-order valence-corrected chi connectivity index (χ0v) is 14.8. The Morgan fingerprint density at radius 1 is 1.00 bits per heavy atom. The van der Waals surface area contributed by atoms with Crippen molar-refractivity contribution in [3.63, 3.8) is 0 Å². The number of carbonyl (C=O) groups excluding carboxylic acids is 1. The number of aromatic nitrogens is 1. The van der Waals surface area contributed by atoms with Crippen LogP contribution < -0.4 is 5.43 Å². The largest absolute Gasteiger partial charge is 0.360 e.